The Labute approximate surface area is 157 Å². The third kappa shape index (κ3) is 4.31. The Bertz CT molecular complexity index is 555. The van der Waals surface area contributed by atoms with E-state index in [1.54, 1.807) is 12.1 Å². The Morgan fingerprint density at radius 3 is 2.52 bits per heavy atom. The lowest BCUT2D eigenvalue weighted by molar-refractivity contribution is -0.0667. The topological polar surface area (TPSA) is 47.9 Å². The maximum Gasteiger partial charge on any atom is 0.194 e. The molecule has 1 aromatic rings. The van der Waals surface area contributed by atoms with Crippen LogP contribution in [0.1, 0.15) is 40.2 Å². The van der Waals surface area contributed by atoms with Gasteiger partial charge in [-0.15, -0.1) is 24.0 Å². The maximum absolute atomic E-state index is 9.51. The summed E-state index contributed by atoms with van der Waals surface area (Å²) >= 11 is 0. The number of likely N-dealkylation sites (tertiary alicyclic amines) is 1. The van der Waals surface area contributed by atoms with E-state index in [0.717, 1.165) is 37.6 Å². The summed E-state index contributed by atoms with van der Waals surface area (Å²) in [5.41, 5.74) is 1.52. The summed E-state index contributed by atoms with van der Waals surface area (Å²) in [5, 5.41) is 12.9. The predicted molar refractivity (Wildman–Crippen MR) is 108 cm³/mol. The van der Waals surface area contributed by atoms with Crippen molar-refractivity contribution in [2.75, 3.05) is 19.6 Å². The van der Waals surface area contributed by atoms with Crippen molar-refractivity contribution in [3.05, 3.63) is 29.8 Å². The largest absolute Gasteiger partial charge is 0.508 e. The van der Waals surface area contributed by atoms with Crippen LogP contribution < -0.4 is 5.32 Å². The van der Waals surface area contributed by atoms with Gasteiger partial charge < -0.3 is 15.3 Å². The van der Waals surface area contributed by atoms with E-state index in [0.29, 0.717) is 11.2 Å². The molecule has 130 valence electrons. The summed E-state index contributed by atoms with van der Waals surface area (Å²) in [6.07, 6.45) is 0.834. The number of benzene rings is 1. The molecule has 1 saturated heterocycles. The molecule has 0 spiro atoms. The average molecular weight is 431 g/mol. The molecule has 0 saturated carbocycles. The highest BCUT2D eigenvalue weighted by atomic mass is 127. The van der Waals surface area contributed by atoms with Crippen molar-refractivity contribution in [1.82, 2.24) is 10.2 Å². The number of phenolic OH excluding ortho intramolecular Hbond substituents is 1. The molecule has 1 aromatic carbocycles. The first kappa shape index (κ1) is 20.1. The van der Waals surface area contributed by atoms with Gasteiger partial charge in [-0.25, -0.2) is 0 Å². The zero-order chi connectivity index (χ0) is 16.4. The Hall–Kier alpha value is -0.980. The summed E-state index contributed by atoms with van der Waals surface area (Å²) in [4.78, 5) is 7.13. The molecule has 1 aliphatic rings. The van der Waals surface area contributed by atoms with E-state index >= 15 is 0 Å². The molecule has 0 aliphatic carbocycles. The second-order valence-electron chi connectivity index (χ2n) is 7.18. The number of aliphatic imine (C=N–C) groups is 1. The Morgan fingerprint density at radius 1 is 1.30 bits per heavy atom. The van der Waals surface area contributed by atoms with Crippen molar-refractivity contribution >= 4 is 29.9 Å². The number of halogens is 1. The number of hydrogen-bond donors (Lipinski definition) is 2. The highest BCUT2D eigenvalue weighted by molar-refractivity contribution is 14.0. The first-order chi connectivity index (χ1) is 10.3. The van der Waals surface area contributed by atoms with E-state index < -0.39 is 0 Å². The zero-order valence-corrected chi connectivity index (χ0v) is 17.2. The predicted octanol–water partition coefficient (Wildman–Crippen LogP) is 3.64. The van der Waals surface area contributed by atoms with Crippen LogP contribution in [0.5, 0.6) is 5.75 Å². The smallest absolute Gasteiger partial charge is 0.194 e. The first-order valence-electron chi connectivity index (χ1n) is 8.12. The standard InChI is InChI=1S/C18H29N3O.HI/c1-6-19-16(21-13-17(2,3)18(21,4)5)20-11-10-14-8-7-9-15(22)12-14;/h7-9,12,22H,6,10-11,13H2,1-5H3,(H,19,20);1H. The second kappa shape index (κ2) is 7.73. The fraction of sp³-hybridized carbons (Fsp3) is 0.611. The fourth-order valence-corrected chi connectivity index (χ4v) is 2.80. The van der Waals surface area contributed by atoms with Crippen molar-refractivity contribution < 1.29 is 5.11 Å². The van der Waals surface area contributed by atoms with E-state index in [2.05, 4.69) is 44.8 Å². The van der Waals surface area contributed by atoms with E-state index in [9.17, 15) is 5.11 Å². The third-order valence-electron chi connectivity index (χ3n) is 5.05. The fourth-order valence-electron chi connectivity index (χ4n) is 2.80. The van der Waals surface area contributed by atoms with Crippen LogP contribution >= 0.6 is 24.0 Å². The van der Waals surface area contributed by atoms with Crippen LogP contribution in [-0.4, -0.2) is 41.1 Å². The molecule has 0 aromatic heterocycles. The summed E-state index contributed by atoms with van der Waals surface area (Å²) in [6, 6.07) is 7.40. The van der Waals surface area contributed by atoms with Crippen LogP contribution in [0, 0.1) is 5.41 Å². The van der Waals surface area contributed by atoms with Crippen LogP contribution in [0.15, 0.2) is 29.3 Å². The van der Waals surface area contributed by atoms with Gasteiger partial charge in [0.15, 0.2) is 5.96 Å². The number of rotatable bonds is 4. The number of guanidine groups is 1. The van der Waals surface area contributed by atoms with E-state index in [1.165, 1.54) is 0 Å². The second-order valence-corrected chi connectivity index (χ2v) is 7.18. The Kier molecular flexibility index (Phi) is 6.74. The third-order valence-corrected chi connectivity index (χ3v) is 5.05. The van der Waals surface area contributed by atoms with Crippen molar-refractivity contribution in [1.29, 1.82) is 0 Å². The lowest BCUT2D eigenvalue weighted by Crippen LogP contribution is -2.72. The van der Waals surface area contributed by atoms with Gasteiger partial charge in [0.2, 0.25) is 0 Å². The molecule has 0 radical (unpaired) electrons. The van der Waals surface area contributed by atoms with Crippen LogP contribution in [0.2, 0.25) is 0 Å². The lowest BCUT2D eigenvalue weighted by atomic mass is 9.65. The number of hydrogen-bond acceptors (Lipinski definition) is 2. The Morgan fingerprint density at radius 2 is 2.00 bits per heavy atom. The molecule has 0 atom stereocenters. The van der Waals surface area contributed by atoms with Crippen LogP contribution in [0.25, 0.3) is 0 Å². The van der Waals surface area contributed by atoms with Crippen molar-refractivity contribution in [3.8, 4) is 5.75 Å². The molecule has 0 unspecified atom stereocenters. The molecular weight excluding hydrogens is 401 g/mol. The number of phenols is 1. The van der Waals surface area contributed by atoms with Crippen LogP contribution in [0.4, 0.5) is 0 Å². The molecule has 23 heavy (non-hydrogen) atoms. The van der Waals surface area contributed by atoms with Gasteiger partial charge >= 0.3 is 0 Å². The number of aromatic hydroxyl groups is 1. The minimum atomic E-state index is 0. The van der Waals surface area contributed by atoms with Gasteiger partial charge in [-0.05, 0) is 44.9 Å². The summed E-state index contributed by atoms with van der Waals surface area (Å²) in [6.45, 7) is 13.9. The molecule has 2 rings (SSSR count). The first-order valence-corrected chi connectivity index (χ1v) is 8.12. The number of nitrogens with one attached hydrogen (secondary N) is 1. The van der Waals surface area contributed by atoms with Gasteiger partial charge in [-0.3, -0.25) is 4.99 Å². The van der Waals surface area contributed by atoms with E-state index in [1.807, 2.05) is 12.1 Å². The lowest BCUT2D eigenvalue weighted by Gasteiger charge is -2.62. The Balaban J connectivity index is 0.00000264. The molecular formula is C18H30IN3O. The molecule has 1 heterocycles. The molecule has 1 fully saturated rings. The molecule has 0 amide bonds. The van der Waals surface area contributed by atoms with E-state index in [-0.39, 0.29) is 29.5 Å². The highest BCUT2D eigenvalue weighted by Crippen LogP contribution is 2.46. The van der Waals surface area contributed by atoms with Gasteiger partial charge in [0.1, 0.15) is 5.75 Å². The number of nitrogens with zero attached hydrogens (tertiary/aromatic N) is 2. The summed E-state index contributed by atoms with van der Waals surface area (Å²) in [5.74, 6) is 1.31. The zero-order valence-electron chi connectivity index (χ0n) is 14.9. The minimum Gasteiger partial charge on any atom is -0.508 e. The SMILES string of the molecule is CCNC(=NCCc1cccc(O)c1)N1CC(C)(C)C1(C)C.I. The molecule has 1 aliphatic heterocycles. The normalized spacial score (nSPS) is 18.8. The summed E-state index contributed by atoms with van der Waals surface area (Å²) < 4.78 is 0. The minimum absolute atomic E-state index is 0. The van der Waals surface area contributed by atoms with Gasteiger partial charge in [0.05, 0.1) is 0 Å². The maximum atomic E-state index is 9.51. The van der Waals surface area contributed by atoms with Gasteiger partial charge in [0, 0.05) is 30.6 Å². The van der Waals surface area contributed by atoms with Crippen molar-refractivity contribution in [3.63, 3.8) is 0 Å². The van der Waals surface area contributed by atoms with Crippen molar-refractivity contribution in [2.45, 2.75) is 46.6 Å². The summed E-state index contributed by atoms with van der Waals surface area (Å²) in [7, 11) is 0. The monoisotopic (exact) mass is 431 g/mol. The van der Waals surface area contributed by atoms with E-state index in [4.69, 9.17) is 4.99 Å². The molecule has 2 N–H and O–H groups in total. The van der Waals surface area contributed by atoms with Crippen molar-refractivity contribution in [2.24, 2.45) is 10.4 Å². The molecule has 5 heteroatoms. The van der Waals surface area contributed by atoms with Gasteiger partial charge in [0.25, 0.3) is 0 Å². The average Bonchev–Trinajstić information content (AvgIpc) is 2.44. The van der Waals surface area contributed by atoms with Gasteiger partial charge in [-0.1, -0.05) is 26.0 Å². The quantitative estimate of drug-likeness (QED) is 0.435. The molecule has 0 bridgehead atoms. The van der Waals surface area contributed by atoms with Gasteiger partial charge in [-0.2, -0.15) is 0 Å². The van der Waals surface area contributed by atoms with Crippen LogP contribution in [-0.2, 0) is 6.42 Å². The van der Waals surface area contributed by atoms with Crippen LogP contribution in [0.3, 0.4) is 0 Å². The highest BCUT2D eigenvalue weighted by Gasteiger charge is 2.53. The molecule has 4 nitrogen and oxygen atoms in total.